The number of halogens is 3. The molecular formula is C28H42F3N3O2. The molecule has 1 aromatic heterocycles. The highest BCUT2D eigenvalue weighted by molar-refractivity contribution is 6.05. The predicted octanol–water partition coefficient (Wildman–Crippen LogP) is 6.75. The van der Waals surface area contributed by atoms with Crippen LogP contribution in [0.5, 0.6) is 0 Å². The van der Waals surface area contributed by atoms with Crippen molar-refractivity contribution in [3.63, 3.8) is 0 Å². The summed E-state index contributed by atoms with van der Waals surface area (Å²) in [6.07, 6.45) is -4.47. The molecule has 1 aliphatic heterocycles. The topological polar surface area (TPSA) is 46.5 Å². The van der Waals surface area contributed by atoms with E-state index < -0.39 is 17.6 Å². The number of hydrogen-bond donors (Lipinski definition) is 1. The van der Waals surface area contributed by atoms with Crippen molar-refractivity contribution in [3.05, 3.63) is 52.8 Å². The van der Waals surface area contributed by atoms with Crippen molar-refractivity contribution >= 4 is 11.6 Å². The van der Waals surface area contributed by atoms with E-state index in [9.17, 15) is 18.0 Å². The number of nitrogens with zero attached hydrogens (tertiary/aromatic N) is 2. The first-order chi connectivity index (χ1) is 16.7. The monoisotopic (exact) mass is 509 g/mol. The van der Waals surface area contributed by atoms with Gasteiger partial charge in [-0.05, 0) is 36.6 Å². The minimum Gasteiger partial charge on any atom is -0.379 e. The zero-order valence-electron chi connectivity index (χ0n) is 23.0. The molecule has 2 heterocycles. The first-order valence-corrected chi connectivity index (χ1v) is 12.7. The Bertz CT molecular complexity index is 1010. The fourth-order valence-corrected chi connectivity index (χ4v) is 4.51. The molecule has 1 aromatic carbocycles. The number of benzene rings is 1. The minimum absolute atomic E-state index is 0.0596. The summed E-state index contributed by atoms with van der Waals surface area (Å²) in [5, 5.41) is 2.66. The maximum absolute atomic E-state index is 13.1. The summed E-state index contributed by atoms with van der Waals surface area (Å²) in [7, 11) is 0. The average molecular weight is 510 g/mol. The number of carbonyl (C=O) groups is 1. The molecule has 3 rings (SSSR count). The Balaban J connectivity index is 0.00000222. The molecule has 1 saturated heterocycles. The van der Waals surface area contributed by atoms with Gasteiger partial charge in [0.25, 0.3) is 5.91 Å². The van der Waals surface area contributed by atoms with Crippen molar-refractivity contribution in [2.75, 3.05) is 38.2 Å². The number of alkyl halides is 3. The molecule has 202 valence electrons. The van der Waals surface area contributed by atoms with Gasteiger partial charge in [0.15, 0.2) is 0 Å². The molecule has 1 aliphatic rings. The van der Waals surface area contributed by atoms with Crippen LogP contribution in [-0.4, -0.2) is 48.2 Å². The zero-order valence-corrected chi connectivity index (χ0v) is 23.0. The molecule has 0 radical (unpaired) electrons. The summed E-state index contributed by atoms with van der Waals surface area (Å²) < 4.78 is 46.9. The third kappa shape index (κ3) is 7.84. The highest BCUT2D eigenvalue weighted by atomic mass is 19.4. The van der Waals surface area contributed by atoms with Crippen LogP contribution in [0.25, 0.3) is 0 Å². The predicted molar refractivity (Wildman–Crippen MR) is 140 cm³/mol. The number of hydrogen-bond acceptors (Lipinski definition) is 3. The van der Waals surface area contributed by atoms with Crippen molar-refractivity contribution in [2.45, 2.75) is 73.5 Å². The normalized spacial score (nSPS) is 15.3. The van der Waals surface area contributed by atoms with Gasteiger partial charge in [-0.15, -0.1) is 0 Å². The summed E-state index contributed by atoms with van der Waals surface area (Å²) in [5.74, 6) is -0.410. The van der Waals surface area contributed by atoms with Gasteiger partial charge < -0.3 is 14.6 Å². The minimum atomic E-state index is -4.47. The number of nitrogens with one attached hydrogen (secondary N) is 1. The number of rotatable bonds is 6. The Hall–Kier alpha value is -2.32. The highest BCUT2D eigenvalue weighted by Gasteiger charge is 2.32. The van der Waals surface area contributed by atoms with Crippen LogP contribution in [0.15, 0.2) is 30.3 Å². The molecule has 36 heavy (non-hydrogen) atoms. The van der Waals surface area contributed by atoms with E-state index in [4.69, 9.17) is 4.74 Å². The lowest BCUT2D eigenvalue weighted by molar-refractivity contribution is -0.137. The summed E-state index contributed by atoms with van der Waals surface area (Å²) in [6, 6.07) is 6.59. The molecule has 0 saturated carbocycles. The van der Waals surface area contributed by atoms with Gasteiger partial charge in [-0.3, -0.25) is 9.69 Å². The van der Waals surface area contributed by atoms with E-state index in [1.807, 2.05) is 26.8 Å². The molecule has 1 N–H and O–H groups in total. The Labute approximate surface area is 214 Å². The summed E-state index contributed by atoms with van der Waals surface area (Å²) in [5.41, 5.74) is 1.37. The van der Waals surface area contributed by atoms with Gasteiger partial charge in [-0.25, -0.2) is 0 Å². The lowest BCUT2D eigenvalue weighted by atomic mass is 9.89. The third-order valence-corrected chi connectivity index (χ3v) is 6.17. The van der Waals surface area contributed by atoms with E-state index in [0.717, 1.165) is 62.9 Å². The lowest BCUT2D eigenvalue weighted by Gasteiger charge is -2.36. The molecule has 0 unspecified atom stereocenters. The molecular weight excluding hydrogens is 467 g/mol. The van der Waals surface area contributed by atoms with E-state index in [0.29, 0.717) is 5.56 Å². The van der Waals surface area contributed by atoms with Crippen molar-refractivity contribution in [1.82, 2.24) is 9.47 Å². The van der Waals surface area contributed by atoms with Crippen LogP contribution in [0.1, 0.15) is 75.8 Å². The molecule has 0 spiro atoms. The van der Waals surface area contributed by atoms with Gasteiger partial charge in [-0.2, -0.15) is 13.2 Å². The maximum Gasteiger partial charge on any atom is 0.416 e. The first kappa shape index (κ1) is 29.9. The first-order valence-electron chi connectivity index (χ1n) is 12.7. The Morgan fingerprint density at radius 3 is 2.17 bits per heavy atom. The van der Waals surface area contributed by atoms with E-state index in [1.54, 1.807) is 0 Å². The SMILES string of the molecule is CC.Cc1c(C(=O)Nc2cccc(C(F)(F)F)c2)cc(C(C)(C)C)n1CC(C)(C)CN1CCOCC1. The molecule has 5 nitrogen and oxygen atoms in total. The molecule has 0 aliphatic carbocycles. The summed E-state index contributed by atoms with van der Waals surface area (Å²) >= 11 is 0. The fraction of sp³-hybridized carbons (Fsp3) is 0.607. The Kier molecular flexibility index (Phi) is 9.82. The number of anilines is 1. The Morgan fingerprint density at radius 1 is 1.00 bits per heavy atom. The molecule has 1 fully saturated rings. The quantitative estimate of drug-likeness (QED) is 0.469. The maximum atomic E-state index is 13.1. The zero-order chi connectivity index (χ0) is 27.3. The smallest absolute Gasteiger partial charge is 0.379 e. The molecule has 1 amide bonds. The van der Waals surface area contributed by atoms with Gasteiger partial charge in [0.1, 0.15) is 0 Å². The van der Waals surface area contributed by atoms with Crippen LogP contribution in [0.3, 0.4) is 0 Å². The van der Waals surface area contributed by atoms with Crippen LogP contribution < -0.4 is 5.32 Å². The van der Waals surface area contributed by atoms with Crippen molar-refractivity contribution in [2.24, 2.45) is 5.41 Å². The van der Waals surface area contributed by atoms with Crippen LogP contribution in [-0.2, 0) is 22.9 Å². The van der Waals surface area contributed by atoms with E-state index >= 15 is 0 Å². The van der Waals surface area contributed by atoms with Crippen molar-refractivity contribution in [1.29, 1.82) is 0 Å². The van der Waals surface area contributed by atoms with Gasteiger partial charge in [0.2, 0.25) is 0 Å². The number of carbonyl (C=O) groups excluding carboxylic acids is 1. The highest BCUT2D eigenvalue weighted by Crippen LogP contribution is 2.33. The second-order valence-electron chi connectivity index (χ2n) is 11.0. The van der Waals surface area contributed by atoms with Gasteiger partial charge in [0.05, 0.1) is 24.3 Å². The fourth-order valence-electron chi connectivity index (χ4n) is 4.51. The van der Waals surface area contributed by atoms with Crippen LogP contribution in [0.2, 0.25) is 0 Å². The van der Waals surface area contributed by atoms with Crippen molar-refractivity contribution in [3.8, 4) is 0 Å². The molecule has 8 heteroatoms. The lowest BCUT2D eigenvalue weighted by Crippen LogP contribution is -2.43. The van der Waals surface area contributed by atoms with Crippen LogP contribution >= 0.6 is 0 Å². The van der Waals surface area contributed by atoms with E-state index in [-0.39, 0.29) is 16.5 Å². The summed E-state index contributed by atoms with van der Waals surface area (Å²) in [6.45, 7) is 21.6. The van der Waals surface area contributed by atoms with Gasteiger partial charge in [0, 0.05) is 48.7 Å². The van der Waals surface area contributed by atoms with Crippen LogP contribution in [0.4, 0.5) is 18.9 Å². The average Bonchev–Trinajstić information content (AvgIpc) is 3.11. The standard InChI is InChI=1S/C26H36F3N3O2.C2H6/c1-18-21(23(33)30-20-9-7-8-19(14-20)26(27,28)29)15-22(24(2,3)4)32(18)17-25(5,6)16-31-10-12-34-13-11-31;1-2/h7-9,14-15H,10-13,16-17H2,1-6H3,(H,30,33);1-2H3. The van der Waals surface area contributed by atoms with E-state index in [2.05, 4.69) is 49.4 Å². The Morgan fingerprint density at radius 2 is 1.61 bits per heavy atom. The second kappa shape index (κ2) is 11.8. The number of morpholine rings is 1. The summed E-state index contributed by atoms with van der Waals surface area (Å²) in [4.78, 5) is 15.5. The third-order valence-electron chi connectivity index (χ3n) is 6.17. The number of amides is 1. The molecule has 0 bridgehead atoms. The number of ether oxygens (including phenoxy) is 1. The largest absolute Gasteiger partial charge is 0.416 e. The van der Waals surface area contributed by atoms with Crippen LogP contribution in [0, 0.1) is 12.3 Å². The number of aromatic nitrogens is 1. The second-order valence-corrected chi connectivity index (χ2v) is 11.0. The molecule has 2 aromatic rings. The van der Waals surface area contributed by atoms with E-state index in [1.165, 1.54) is 12.1 Å². The van der Waals surface area contributed by atoms with Gasteiger partial charge >= 0.3 is 6.18 Å². The molecule has 0 atom stereocenters. The van der Waals surface area contributed by atoms with Crippen molar-refractivity contribution < 1.29 is 22.7 Å². The van der Waals surface area contributed by atoms with Gasteiger partial charge in [-0.1, -0.05) is 54.5 Å².